The molecule has 0 aliphatic heterocycles. The topological polar surface area (TPSA) is 43.8 Å². The molecule has 0 saturated carbocycles. The summed E-state index contributed by atoms with van der Waals surface area (Å²) in [6.45, 7) is 3.65. The molecule has 0 unspecified atom stereocenters. The van der Waals surface area contributed by atoms with Gasteiger partial charge in [0.25, 0.3) is 0 Å². The van der Waals surface area contributed by atoms with E-state index in [2.05, 4.69) is 15.8 Å². The quantitative estimate of drug-likeness (QED) is 0.729. The molecule has 1 aromatic rings. The summed E-state index contributed by atoms with van der Waals surface area (Å²) in [5.41, 5.74) is 6.74. The first kappa shape index (κ1) is 10.6. The van der Waals surface area contributed by atoms with Gasteiger partial charge in [-0.25, -0.2) is 4.98 Å². The molecule has 1 aromatic heterocycles. The van der Waals surface area contributed by atoms with Gasteiger partial charge in [0.1, 0.15) is 5.82 Å². The lowest BCUT2D eigenvalue weighted by Crippen LogP contribution is -2.09. The van der Waals surface area contributed by atoms with Gasteiger partial charge in [0, 0.05) is 19.3 Å². The van der Waals surface area contributed by atoms with Crippen LogP contribution >= 0.6 is 11.8 Å². The van der Waals surface area contributed by atoms with Crippen LogP contribution in [0.15, 0.2) is 6.20 Å². The van der Waals surface area contributed by atoms with Crippen LogP contribution in [0.25, 0.3) is 0 Å². The number of hydrogen-bond donors (Lipinski definition) is 1. The van der Waals surface area contributed by atoms with Gasteiger partial charge in [-0.1, -0.05) is 0 Å². The van der Waals surface area contributed by atoms with Crippen molar-refractivity contribution in [3.63, 3.8) is 0 Å². The number of aromatic nitrogens is 2. The first-order valence-corrected chi connectivity index (χ1v) is 5.89. The molecule has 13 heavy (non-hydrogen) atoms. The van der Waals surface area contributed by atoms with Crippen molar-refractivity contribution in [3.05, 3.63) is 17.7 Å². The molecule has 0 aliphatic carbocycles. The Morgan fingerprint density at radius 2 is 2.38 bits per heavy atom. The molecule has 0 amide bonds. The maximum absolute atomic E-state index is 5.60. The minimum absolute atomic E-state index is 0.583. The van der Waals surface area contributed by atoms with Crippen molar-refractivity contribution in [1.82, 2.24) is 9.55 Å². The largest absolute Gasteiger partial charge is 0.331 e. The van der Waals surface area contributed by atoms with E-state index in [-0.39, 0.29) is 0 Å². The summed E-state index contributed by atoms with van der Waals surface area (Å²) in [5, 5.41) is 0. The van der Waals surface area contributed by atoms with Gasteiger partial charge < -0.3 is 10.3 Å². The number of nitrogens with two attached hydrogens (primary N) is 1. The van der Waals surface area contributed by atoms with Crippen LogP contribution in [0.5, 0.6) is 0 Å². The maximum atomic E-state index is 5.60. The second-order valence-electron chi connectivity index (χ2n) is 3.00. The second kappa shape index (κ2) is 5.29. The maximum Gasteiger partial charge on any atom is 0.105 e. The van der Waals surface area contributed by atoms with E-state index in [4.69, 9.17) is 5.73 Å². The molecule has 74 valence electrons. The third-order valence-electron chi connectivity index (χ3n) is 2.08. The molecule has 0 spiro atoms. The van der Waals surface area contributed by atoms with Crippen molar-refractivity contribution in [1.29, 1.82) is 0 Å². The first-order chi connectivity index (χ1) is 6.29. The zero-order chi connectivity index (χ0) is 9.68. The average molecular weight is 199 g/mol. The van der Waals surface area contributed by atoms with E-state index in [1.165, 1.54) is 12.2 Å². The number of thioether (sulfide) groups is 1. The lowest BCUT2D eigenvalue weighted by Gasteiger charge is -2.07. The normalized spacial score (nSPS) is 10.7. The summed E-state index contributed by atoms with van der Waals surface area (Å²) < 4.78 is 2.20. The van der Waals surface area contributed by atoms with E-state index >= 15 is 0 Å². The Labute approximate surface area is 83.7 Å². The van der Waals surface area contributed by atoms with Crippen LogP contribution in [-0.2, 0) is 13.1 Å². The minimum atomic E-state index is 0.583. The molecule has 0 saturated heterocycles. The molecular weight excluding hydrogens is 182 g/mol. The van der Waals surface area contributed by atoms with E-state index in [0.717, 1.165) is 18.1 Å². The fraction of sp³-hybridized carbons (Fsp3) is 0.667. The molecule has 2 N–H and O–H groups in total. The summed E-state index contributed by atoms with van der Waals surface area (Å²) in [7, 11) is 0. The average Bonchev–Trinajstić information content (AvgIpc) is 2.48. The third kappa shape index (κ3) is 2.74. The van der Waals surface area contributed by atoms with Gasteiger partial charge in [0.15, 0.2) is 0 Å². The minimum Gasteiger partial charge on any atom is -0.331 e. The van der Waals surface area contributed by atoms with Gasteiger partial charge in [-0.05, 0) is 25.4 Å². The van der Waals surface area contributed by atoms with Gasteiger partial charge in [-0.2, -0.15) is 11.8 Å². The molecule has 0 bridgehead atoms. The standard InChI is InChI=1S/C9H17N3S/c1-8-11-7-9(6-10)12(8)4-3-5-13-2/h7H,3-6,10H2,1-2H3. The van der Waals surface area contributed by atoms with Crippen molar-refractivity contribution in [3.8, 4) is 0 Å². The summed E-state index contributed by atoms with van der Waals surface area (Å²) in [5.74, 6) is 2.27. The number of nitrogens with zero attached hydrogens (tertiary/aromatic N) is 2. The molecule has 3 nitrogen and oxygen atoms in total. The summed E-state index contributed by atoms with van der Waals surface area (Å²) in [4.78, 5) is 4.24. The highest BCUT2D eigenvalue weighted by Crippen LogP contribution is 2.06. The molecule has 0 aliphatic rings. The van der Waals surface area contributed by atoms with Crippen molar-refractivity contribution >= 4 is 11.8 Å². The number of hydrogen-bond acceptors (Lipinski definition) is 3. The number of imidazole rings is 1. The fourth-order valence-electron chi connectivity index (χ4n) is 1.35. The lowest BCUT2D eigenvalue weighted by atomic mass is 10.4. The molecular formula is C9H17N3S. The van der Waals surface area contributed by atoms with Gasteiger partial charge >= 0.3 is 0 Å². The van der Waals surface area contributed by atoms with E-state index in [9.17, 15) is 0 Å². The van der Waals surface area contributed by atoms with Crippen LogP contribution < -0.4 is 5.73 Å². The Morgan fingerprint density at radius 1 is 1.62 bits per heavy atom. The number of rotatable bonds is 5. The smallest absolute Gasteiger partial charge is 0.105 e. The fourth-order valence-corrected chi connectivity index (χ4v) is 1.77. The van der Waals surface area contributed by atoms with Gasteiger partial charge in [-0.15, -0.1) is 0 Å². The second-order valence-corrected chi connectivity index (χ2v) is 3.98. The lowest BCUT2D eigenvalue weighted by molar-refractivity contribution is 0.632. The van der Waals surface area contributed by atoms with E-state index in [0.29, 0.717) is 6.54 Å². The van der Waals surface area contributed by atoms with E-state index in [1.54, 1.807) is 0 Å². The summed E-state index contributed by atoms with van der Waals surface area (Å²) in [6.07, 6.45) is 5.18. The monoisotopic (exact) mass is 199 g/mol. The zero-order valence-corrected chi connectivity index (χ0v) is 9.10. The molecule has 0 fully saturated rings. The van der Waals surface area contributed by atoms with Gasteiger partial charge in [0.05, 0.1) is 5.69 Å². The Bertz CT molecular complexity index is 257. The predicted octanol–water partition coefficient (Wildman–Crippen LogP) is 1.40. The molecule has 0 aromatic carbocycles. The summed E-state index contributed by atoms with van der Waals surface area (Å²) in [6, 6.07) is 0. The SMILES string of the molecule is CSCCCn1c(CN)cnc1C. The van der Waals surface area contributed by atoms with Crippen molar-refractivity contribution in [2.45, 2.75) is 26.4 Å². The van der Waals surface area contributed by atoms with Crippen molar-refractivity contribution < 1.29 is 0 Å². The van der Waals surface area contributed by atoms with E-state index in [1.807, 2.05) is 24.9 Å². The number of aryl methyl sites for hydroxylation is 1. The molecule has 1 rings (SSSR count). The van der Waals surface area contributed by atoms with Crippen LogP contribution in [0, 0.1) is 6.92 Å². The Kier molecular flexibility index (Phi) is 4.32. The zero-order valence-electron chi connectivity index (χ0n) is 8.29. The molecule has 1 heterocycles. The Hall–Kier alpha value is -0.480. The highest BCUT2D eigenvalue weighted by atomic mass is 32.2. The first-order valence-electron chi connectivity index (χ1n) is 4.49. The highest BCUT2D eigenvalue weighted by Gasteiger charge is 2.03. The van der Waals surface area contributed by atoms with Crippen molar-refractivity contribution in [2.24, 2.45) is 5.73 Å². The Balaban J connectivity index is 2.57. The summed E-state index contributed by atoms with van der Waals surface area (Å²) >= 11 is 1.88. The van der Waals surface area contributed by atoms with Gasteiger partial charge in [-0.3, -0.25) is 0 Å². The van der Waals surface area contributed by atoms with Crippen molar-refractivity contribution in [2.75, 3.05) is 12.0 Å². The third-order valence-corrected chi connectivity index (χ3v) is 2.77. The van der Waals surface area contributed by atoms with Crippen LogP contribution in [0.1, 0.15) is 17.9 Å². The predicted molar refractivity (Wildman–Crippen MR) is 57.9 cm³/mol. The van der Waals surface area contributed by atoms with E-state index < -0.39 is 0 Å². The molecule has 4 heteroatoms. The molecule has 0 atom stereocenters. The Morgan fingerprint density at radius 3 is 3.00 bits per heavy atom. The molecule has 0 radical (unpaired) electrons. The van der Waals surface area contributed by atoms with Crippen LogP contribution in [0.2, 0.25) is 0 Å². The van der Waals surface area contributed by atoms with Gasteiger partial charge in [0.2, 0.25) is 0 Å². The van der Waals surface area contributed by atoms with Crippen LogP contribution in [-0.4, -0.2) is 21.6 Å². The van der Waals surface area contributed by atoms with Crippen LogP contribution in [0.4, 0.5) is 0 Å². The highest BCUT2D eigenvalue weighted by molar-refractivity contribution is 7.98. The van der Waals surface area contributed by atoms with Crippen LogP contribution in [0.3, 0.4) is 0 Å².